The third kappa shape index (κ3) is 2.46. The summed E-state index contributed by atoms with van der Waals surface area (Å²) in [4.78, 5) is 20.5. The van der Waals surface area contributed by atoms with Gasteiger partial charge in [-0.25, -0.2) is 9.37 Å². The molecule has 1 aromatic heterocycles. The van der Waals surface area contributed by atoms with Gasteiger partial charge in [-0.15, -0.1) is 0 Å². The number of imidazole rings is 1. The molecular weight excluding hydrogens is 305 g/mol. The average molecular weight is 323 g/mol. The van der Waals surface area contributed by atoms with Gasteiger partial charge in [0.1, 0.15) is 11.6 Å². The molecule has 122 valence electrons. The van der Waals surface area contributed by atoms with E-state index in [9.17, 15) is 9.18 Å². The highest BCUT2D eigenvalue weighted by Crippen LogP contribution is 2.48. The molecular formula is C19H18FN3O. The van der Waals surface area contributed by atoms with Gasteiger partial charge in [0.15, 0.2) is 0 Å². The lowest BCUT2D eigenvalue weighted by atomic mass is 9.94. The lowest BCUT2D eigenvalue weighted by molar-refractivity contribution is -0.124. The number of aromatic amines is 1. The molecule has 1 aliphatic rings. The lowest BCUT2D eigenvalue weighted by Gasteiger charge is -2.19. The SMILES string of the molecule is CC(NC(=O)C1(c2ccc(F)cc2)CC1)c1nc2ccccc2[nH]1. The third-order valence-electron chi connectivity index (χ3n) is 4.75. The van der Waals surface area contributed by atoms with Crippen LogP contribution in [0.1, 0.15) is 37.2 Å². The molecule has 0 radical (unpaired) electrons. The smallest absolute Gasteiger partial charge is 0.231 e. The maximum atomic E-state index is 13.1. The van der Waals surface area contributed by atoms with Crippen LogP contribution in [0, 0.1) is 5.82 Å². The molecule has 0 saturated heterocycles. The quantitative estimate of drug-likeness (QED) is 0.770. The van der Waals surface area contributed by atoms with Crippen molar-refractivity contribution in [1.29, 1.82) is 0 Å². The molecule has 3 aromatic rings. The number of aromatic nitrogens is 2. The van der Waals surface area contributed by atoms with E-state index < -0.39 is 5.41 Å². The lowest BCUT2D eigenvalue weighted by Crippen LogP contribution is -2.36. The summed E-state index contributed by atoms with van der Waals surface area (Å²) in [5, 5.41) is 3.05. The minimum absolute atomic E-state index is 0.0259. The number of carbonyl (C=O) groups is 1. The van der Waals surface area contributed by atoms with E-state index in [-0.39, 0.29) is 17.8 Å². The fourth-order valence-corrected chi connectivity index (χ4v) is 3.12. The van der Waals surface area contributed by atoms with E-state index in [1.165, 1.54) is 12.1 Å². The fourth-order valence-electron chi connectivity index (χ4n) is 3.12. The molecule has 2 aromatic carbocycles. The Labute approximate surface area is 139 Å². The highest BCUT2D eigenvalue weighted by Gasteiger charge is 2.51. The molecule has 1 amide bonds. The van der Waals surface area contributed by atoms with Crippen molar-refractivity contribution in [3.63, 3.8) is 0 Å². The molecule has 24 heavy (non-hydrogen) atoms. The van der Waals surface area contributed by atoms with E-state index >= 15 is 0 Å². The predicted octanol–water partition coefficient (Wildman–Crippen LogP) is 3.61. The molecule has 1 unspecified atom stereocenters. The summed E-state index contributed by atoms with van der Waals surface area (Å²) < 4.78 is 13.1. The Hall–Kier alpha value is -2.69. The van der Waals surface area contributed by atoms with Crippen molar-refractivity contribution in [3.05, 3.63) is 65.7 Å². The normalized spacial score (nSPS) is 16.8. The van der Waals surface area contributed by atoms with Crippen LogP contribution in [0.2, 0.25) is 0 Å². The number of para-hydroxylation sites is 2. The minimum atomic E-state index is -0.520. The number of H-pyrrole nitrogens is 1. The van der Waals surface area contributed by atoms with Gasteiger partial charge in [0.05, 0.1) is 22.5 Å². The molecule has 0 spiro atoms. The van der Waals surface area contributed by atoms with Gasteiger partial charge in [0.2, 0.25) is 5.91 Å². The second-order valence-corrected chi connectivity index (χ2v) is 6.42. The minimum Gasteiger partial charge on any atom is -0.346 e. The molecule has 1 heterocycles. The van der Waals surface area contributed by atoms with Gasteiger partial charge in [-0.3, -0.25) is 4.79 Å². The van der Waals surface area contributed by atoms with Crippen LogP contribution in [0.25, 0.3) is 11.0 Å². The Morgan fingerprint density at radius 3 is 2.58 bits per heavy atom. The van der Waals surface area contributed by atoms with Gasteiger partial charge >= 0.3 is 0 Å². The van der Waals surface area contributed by atoms with Crippen molar-refractivity contribution < 1.29 is 9.18 Å². The van der Waals surface area contributed by atoms with E-state index in [0.29, 0.717) is 0 Å². The topological polar surface area (TPSA) is 57.8 Å². The first-order chi connectivity index (χ1) is 11.6. The summed E-state index contributed by atoms with van der Waals surface area (Å²) in [6.07, 6.45) is 1.58. The van der Waals surface area contributed by atoms with E-state index in [1.54, 1.807) is 12.1 Å². The highest BCUT2D eigenvalue weighted by molar-refractivity contribution is 5.91. The number of nitrogens with one attached hydrogen (secondary N) is 2. The van der Waals surface area contributed by atoms with Gasteiger partial charge < -0.3 is 10.3 Å². The van der Waals surface area contributed by atoms with Crippen LogP contribution >= 0.6 is 0 Å². The number of rotatable bonds is 4. The number of benzene rings is 2. The van der Waals surface area contributed by atoms with Crippen molar-refractivity contribution in [2.45, 2.75) is 31.2 Å². The van der Waals surface area contributed by atoms with Crippen molar-refractivity contribution in [2.24, 2.45) is 0 Å². The van der Waals surface area contributed by atoms with Gasteiger partial charge in [-0.05, 0) is 49.6 Å². The molecule has 2 N–H and O–H groups in total. The van der Waals surface area contributed by atoms with Crippen molar-refractivity contribution in [1.82, 2.24) is 15.3 Å². The van der Waals surface area contributed by atoms with E-state index in [2.05, 4.69) is 15.3 Å². The predicted molar refractivity (Wildman–Crippen MR) is 90.0 cm³/mol. The summed E-state index contributed by atoms with van der Waals surface area (Å²) in [5.74, 6) is 0.423. The molecule has 1 atom stereocenters. The van der Waals surface area contributed by atoms with E-state index in [4.69, 9.17) is 0 Å². The van der Waals surface area contributed by atoms with Gasteiger partial charge in [0.25, 0.3) is 0 Å². The van der Waals surface area contributed by atoms with Crippen LogP contribution in [0.15, 0.2) is 48.5 Å². The zero-order valence-corrected chi connectivity index (χ0v) is 13.3. The number of fused-ring (bicyclic) bond motifs is 1. The van der Waals surface area contributed by atoms with E-state index in [1.807, 2.05) is 31.2 Å². The Balaban J connectivity index is 1.54. The number of halogens is 1. The molecule has 0 aliphatic heterocycles. The summed E-state index contributed by atoms with van der Waals surface area (Å²) in [6, 6.07) is 13.8. The van der Waals surface area contributed by atoms with Crippen LogP contribution in [-0.2, 0) is 10.2 Å². The van der Waals surface area contributed by atoms with Crippen LogP contribution in [0.5, 0.6) is 0 Å². The summed E-state index contributed by atoms with van der Waals surface area (Å²) in [5.41, 5.74) is 2.19. The van der Waals surface area contributed by atoms with Gasteiger partial charge in [-0.2, -0.15) is 0 Å². The molecule has 5 heteroatoms. The fraction of sp³-hybridized carbons (Fsp3) is 0.263. The first-order valence-electron chi connectivity index (χ1n) is 8.10. The maximum absolute atomic E-state index is 13.1. The molecule has 4 rings (SSSR count). The number of hydrogen-bond acceptors (Lipinski definition) is 2. The Morgan fingerprint density at radius 1 is 1.21 bits per heavy atom. The van der Waals surface area contributed by atoms with Crippen molar-refractivity contribution >= 4 is 16.9 Å². The number of hydrogen-bond donors (Lipinski definition) is 2. The zero-order valence-electron chi connectivity index (χ0n) is 13.3. The van der Waals surface area contributed by atoms with E-state index in [0.717, 1.165) is 35.3 Å². The number of carbonyl (C=O) groups excluding carboxylic acids is 1. The zero-order chi connectivity index (χ0) is 16.7. The Morgan fingerprint density at radius 2 is 1.92 bits per heavy atom. The van der Waals surface area contributed by atoms with Gasteiger partial charge in [0, 0.05) is 0 Å². The molecule has 1 aliphatic carbocycles. The second-order valence-electron chi connectivity index (χ2n) is 6.42. The molecule has 1 fully saturated rings. The third-order valence-corrected chi connectivity index (χ3v) is 4.75. The standard InChI is InChI=1S/C19H18FN3O/c1-12(17-22-15-4-2-3-5-16(15)23-17)21-18(24)19(10-11-19)13-6-8-14(20)9-7-13/h2-9,12H,10-11H2,1H3,(H,21,24)(H,22,23). The van der Waals surface area contributed by atoms with Crippen LogP contribution in [0.4, 0.5) is 4.39 Å². The second kappa shape index (κ2) is 5.44. The molecule has 1 saturated carbocycles. The monoisotopic (exact) mass is 323 g/mol. The maximum Gasteiger partial charge on any atom is 0.231 e. The molecule has 4 nitrogen and oxygen atoms in total. The van der Waals surface area contributed by atoms with Crippen molar-refractivity contribution in [2.75, 3.05) is 0 Å². The van der Waals surface area contributed by atoms with Gasteiger partial charge in [-0.1, -0.05) is 24.3 Å². The average Bonchev–Trinajstić information content (AvgIpc) is 3.28. The highest BCUT2D eigenvalue weighted by atomic mass is 19.1. The summed E-state index contributed by atoms with van der Waals surface area (Å²) in [7, 11) is 0. The number of amides is 1. The summed E-state index contributed by atoms with van der Waals surface area (Å²) >= 11 is 0. The molecule has 0 bridgehead atoms. The van der Waals surface area contributed by atoms with Crippen LogP contribution in [-0.4, -0.2) is 15.9 Å². The van der Waals surface area contributed by atoms with Crippen LogP contribution < -0.4 is 5.32 Å². The van der Waals surface area contributed by atoms with Crippen molar-refractivity contribution in [3.8, 4) is 0 Å². The Kier molecular flexibility index (Phi) is 3.37. The largest absolute Gasteiger partial charge is 0.346 e. The number of nitrogens with zero attached hydrogens (tertiary/aromatic N) is 1. The summed E-state index contributed by atoms with van der Waals surface area (Å²) in [6.45, 7) is 1.91. The van der Waals surface area contributed by atoms with Crippen LogP contribution in [0.3, 0.4) is 0 Å². The Bertz CT molecular complexity index is 863. The first kappa shape index (κ1) is 14.9. The first-order valence-corrected chi connectivity index (χ1v) is 8.10.